The van der Waals surface area contributed by atoms with E-state index in [1.54, 1.807) is 48.5 Å². The summed E-state index contributed by atoms with van der Waals surface area (Å²) in [4.78, 5) is 24.0. The van der Waals surface area contributed by atoms with E-state index in [0.717, 1.165) is 0 Å². The molecule has 1 heterocycles. The zero-order valence-corrected chi connectivity index (χ0v) is 16.9. The lowest BCUT2D eigenvalue weighted by Crippen LogP contribution is -2.28. The maximum atomic E-state index is 12.5. The zero-order chi connectivity index (χ0) is 20.9. The number of likely N-dealkylation sites (N-methyl/N-ethyl adjacent to an activating group) is 1. The Hall–Kier alpha value is -3.07. The normalized spacial score (nSPS) is 15.0. The number of nitrogens with one attached hydrogen (secondary N) is 2. The maximum absolute atomic E-state index is 12.5. The predicted molar refractivity (Wildman–Crippen MR) is 111 cm³/mol. The van der Waals surface area contributed by atoms with Crippen LogP contribution in [0.25, 0.3) is 0 Å². The van der Waals surface area contributed by atoms with Gasteiger partial charge in [-0.15, -0.1) is 0 Å². The lowest BCUT2D eigenvalue weighted by molar-refractivity contribution is -0.122. The molecule has 2 amide bonds. The first-order valence-electron chi connectivity index (χ1n) is 9.30. The summed E-state index contributed by atoms with van der Waals surface area (Å²) in [5.41, 5.74) is 1.48. The third-order valence-corrected chi connectivity index (χ3v) is 6.22. The van der Waals surface area contributed by atoms with Crippen molar-refractivity contribution in [2.45, 2.75) is 13.3 Å². The number of benzene rings is 2. The molecule has 8 nitrogen and oxygen atoms in total. The van der Waals surface area contributed by atoms with Crippen LogP contribution in [0.2, 0.25) is 0 Å². The van der Waals surface area contributed by atoms with Gasteiger partial charge in [-0.05, 0) is 49.7 Å². The van der Waals surface area contributed by atoms with E-state index in [2.05, 4.69) is 10.6 Å². The summed E-state index contributed by atoms with van der Waals surface area (Å²) in [6, 6.07) is 13.2. The van der Waals surface area contributed by atoms with Crippen molar-refractivity contribution < 1.29 is 22.7 Å². The van der Waals surface area contributed by atoms with Crippen molar-refractivity contribution in [3.63, 3.8) is 0 Å². The van der Waals surface area contributed by atoms with Crippen molar-refractivity contribution in [3.05, 3.63) is 54.1 Å². The highest BCUT2D eigenvalue weighted by molar-refractivity contribution is 7.93. The molecule has 154 valence electrons. The summed E-state index contributed by atoms with van der Waals surface area (Å²) in [5, 5.41) is 5.40. The van der Waals surface area contributed by atoms with Gasteiger partial charge < -0.3 is 15.4 Å². The van der Waals surface area contributed by atoms with Crippen LogP contribution in [0.4, 0.5) is 11.4 Å². The van der Waals surface area contributed by atoms with Crippen LogP contribution in [0.15, 0.2) is 48.5 Å². The molecular formula is C20H23N3O5S. The lowest BCUT2D eigenvalue weighted by Gasteiger charge is -2.17. The molecule has 0 aromatic heterocycles. The van der Waals surface area contributed by atoms with Crippen molar-refractivity contribution in [2.75, 3.05) is 35.1 Å². The molecule has 2 N–H and O–H groups in total. The fraction of sp³-hybridized carbons (Fsp3) is 0.300. The topological polar surface area (TPSA) is 105 Å². The molecular weight excluding hydrogens is 394 g/mol. The third-order valence-electron chi connectivity index (χ3n) is 4.35. The molecule has 2 aromatic carbocycles. The van der Waals surface area contributed by atoms with Gasteiger partial charge >= 0.3 is 0 Å². The molecule has 0 spiro atoms. The van der Waals surface area contributed by atoms with E-state index in [0.29, 0.717) is 42.2 Å². The number of hydrogen-bond donors (Lipinski definition) is 2. The monoisotopic (exact) mass is 417 g/mol. The molecule has 0 saturated carbocycles. The summed E-state index contributed by atoms with van der Waals surface area (Å²) < 4.78 is 30.8. The summed E-state index contributed by atoms with van der Waals surface area (Å²) in [6.07, 6.45) is 0.600. The van der Waals surface area contributed by atoms with E-state index in [9.17, 15) is 18.0 Å². The smallest absolute Gasteiger partial charge is 0.257 e. The highest BCUT2D eigenvalue weighted by atomic mass is 32.2. The Morgan fingerprint density at radius 2 is 1.90 bits per heavy atom. The van der Waals surface area contributed by atoms with Gasteiger partial charge in [0.25, 0.3) is 11.8 Å². The average molecular weight is 417 g/mol. The average Bonchev–Trinajstić information content (AvgIpc) is 3.06. The Morgan fingerprint density at radius 3 is 2.55 bits per heavy atom. The van der Waals surface area contributed by atoms with Gasteiger partial charge in [-0.25, -0.2) is 8.42 Å². The third kappa shape index (κ3) is 5.26. The van der Waals surface area contributed by atoms with Crippen LogP contribution in [0.5, 0.6) is 5.75 Å². The number of anilines is 2. The first-order valence-corrected chi connectivity index (χ1v) is 10.9. The summed E-state index contributed by atoms with van der Waals surface area (Å²) in [7, 11) is -3.25. The fourth-order valence-corrected chi connectivity index (χ4v) is 4.54. The van der Waals surface area contributed by atoms with Crippen LogP contribution in [-0.2, 0) is 14.8 Å². The first-order chi connectivity index (χ1) is 13.9. The molecule has 1 fully saturated rings. The van der Waals surface area contributed by atoms with Gasteiger partial charge in [-0.2, -0.15) is 0 Å². The van der Waals surface area contributed by atoms with Gasteiger partial charge in [0.2, 0.25) is 10.0 Å². The predicted octanol–water partition coefficient (Wildman–Crippen LogP) is 1.99. The van der Waals surface area contributed by atoms with Crippen molar-refractivity contribution in [3.8, 4) is 5.75 Å². The van der Waals surface area contributed by atoms with Crippen molar-refractivity contribution in [1.82, 2.24) is 5.32 Å². The second kappa shape index (κ2) is 8.95. The molecule has 9 heteroatoms. The van der Waals surface area contributed by atoms with Gasteiger partial charge in [0, 0.05) is 30.4 Å². The van der Waals surface area contributed by atoms with Gasteiger partial charge in [0.05, 0.1) is 11.4 Å². The second-order valence-electron chi connectivity index (χ2n) is 6.51. The first kappa shape index (κ1) is 20.7. The van der Waals surface area contributed by atoms with Crippen LogP contribution in [0.1, 0.15) is 23.7 Å². The molecule has 2 aromatic rings. The van der Waals surface area contributed by atoms with E-state index in [1.165, 1.54) is 4.31 Å². The standard InChI is InChI=1S/C20H23N3O5S/c1-2-21-19(24)14-28-18-6-3-5-16(13-18)22-20(25)15-7-9-17(10-8-15)23-11-4-12-29(23,26)27/h3,5-10,13H,2,4,11-12,14H2,1H3,(H,21,24)(H,22,25). The molecule has 29 heavy (non-hydrogen) atoms. The van der Waals surface area contributed by atoms with Crippen molar-refractivity contribution in [2.24, 2.45) is 0 Å². The number of amides is 2. The fourth-order valence-electron chi connectivity index (χ4n) is 2.97. The van der Waals surface area contributed by atoms with Crippen molar-refractivity contribution in [1.29, 1.82) is 0 Å². The Labute approximate surface area is 169 Å². The number of ether oxygens (including phenoxy) is 1. The number of rotatable bonds is 7. The van der Waals surface area contributed by atoms with Crippen LogP contribution in [0.3, 0.4) is 0 Å². The van der Waals surface area contributed by atoms with E-state index in [1.807, 2.05) is 6.92 Å². The van der Waals surface area contributed by atoms with Crippen LogP contribution in [0, 0.1) is 0 Å². The van der Waals surface area contributed by atoms with E-state index in [4.69, 9.17) is 4.74 Å². The van der Waals surface area contributed by atoms with Crippen molar-refractivity contribution >= 4 is 33.2 Å². The van der Waals surface area contributed by atoms with Crippen LogP contribution >= 0.6 is 0 Å². The number of carbonyl (C=O) groups excluding carboxylic acids is 2. The number of nitrogens with zero attached hydrogens (tertiary/aromatic N) is 1. The molecule has 0 atom stereocenters. The Bertz CT molecular complexity index is 989. The molecule has 0 unspecified atom stereocenters. The molecule has 0 radical (unpaired) electrons. The summed E-state index contributed by atoms with van der Waals surface area (Å²) in [6.45, 7) is 2.70. The van der Waals surface area contributed by atoms with Gasteiger partial charge in [0.15, 0.2) is 6.61 Å². The SMILES string of the molecule is CCNC(=O)COc1cccc(NC(=O)c2ccc(N3CCCS3(=O)=O)cc2)c1. The highest BCUT2D eigenvalue weighted by Crippen LogP contribution is 2.24. The Balaban J connectivity index is 1.63. The minimum absolute atomic E-state index is 0.105. The van der Waals surface area contributed by atoms with E-state index < -0.39 is 10.0 Å². The molecule has 3 rings (SSSR count). The number of hydrogen-bond acceptors (Lipinski definition) is 5. The lowest BCUT2D eigenvalue weighted by atomic mass is 10.2. The summed E-state index contributed by atoms with van der Waals surface area (Å²) in [5.74, 6) is 0.0562. The zero-order valence-electron chi connectivity index (χ0n) is 16.1. The van der Waals surface area contributed by atoms with Gasteiger partial charge in [-0.1, -0.05) is 6.07 Å². The second-order valence-corrected chi connectivity index (χ2v) is 8.53. The molecule has 1 saturated heterocycles. The van der Waals surface area contributed by atoms with Gasteiger partial charge in [-0.3, -0.25) is 13.9 Å². The van der Waals surface area contributed by atoms with Crippen LogP contribution < -0.4 is 19.7 Å². The quantitative estimate of drug-likeness (QED) is 0.717. The molecule has 0 aliphatic carbocycles. The van der Waals surface area contributed by atoms with E-state index >= 15 is 0 Å². The molecule has 1 aliphatic heterocycles. The van der Waals surface area contributed by atoms with E-state index in [-0.39, 0.29) is 24.2 Å². The highest BCUT2D eigenvalue weighted by Gasteiger charge is 2.28. The minimum atomic E-state index is -3.25. The van der Waals surface area contributed by atoms with Gasteiger partial charge in [0.1, 0.15) is 5.75 Å². The largest absolute Gasteiger partial charge is 0.484 e. The minimum Gasteiger partial charge on any atom is -0.484 e. The summed E-state index contributed by atoms with van der Waals surface area (Å²) >= 11 is 0. The number of sulfonamides is 1. The maximum Gasteiger partial charge on any atom is 0.257 e. The molecule has 0 bridgehead atoms. The Morgan fingerprint density at radius 1 is 1.14 bits per heavy atom. The number of carbonyl (C=O) groups is 2. The molecule has 1 aliphatic rings. The van der Waals surface area contributed by atoms with Crippen LogP contribution in [-0.4, -0.2) is 45.7 Å². The Kier molecular flexibility index (Phi) is 6.38.